The maximum Gasteiger partial charge on any atom is 0.416 e. The second-order valence-electron chi connectivity index (χ2n) is 7.81. The van der Waals surface area contributed by atoms with Crippen molar-refractivity contribution < 1.29 is 22.8 Å². The third kappa shape index (κ3) is 5.28. The van der Waals surface area contributed by atoms with Gasteiger partial charge in [0.1, 0.15) is 5.82 Å². The van der Waals surface area contributed by atoms with Crippen LogP contribution in [0, 0.1) is 12.8 Å². The Hall–Kier alpha value is -2.81. The Morgan fingerprint density at radius 1 is 1.23 bits per heavy atom. The fourth-order valence-electron chi connectivity index (χ4n) is 3.66. The number of anilines is 2. The summed E-state index contributed by atoms with van der Waals surface area (Å²) in [6.07, 6.45) is -2.13. The van der Waals surface area contributed by atoms with Crippen LogP contribution >= 0.6 is 11.6 Å². The first-order valence-electron chi connectivity index (χ1n) is 9.67. The van der Waals surface area contributed by atoms with Gasteiger partial charge in [-0.05, 0) is 61.1 Å². The summed E-state index contributed by atoms with van der Waals surface area (Å²) in [6.45, 7) is 3.87. The van der Waals surface area contributed by atoms with Crippen molar-refractivity contribution in [2.24, 2.45) is 5.92 Å². The van der Waals surface area contributed by atoms with Gasteiger partial charge in [-0.3, -0.25) is 9.59 Å². The normalized spacial score (nSPS) is 19.2. The Morgan fingerprint density at radius 3 is 2.58 bits per heavy atom. The molecule has 0 bridgehead atoms. The average Bonchev–Trinajstić information content (AvgIpc) is 2.69. The molecule has 2 atom stereocenters. The van der Waals surface area contributed by atoms with Gasteiger partial charge in [-0.15, -0.1) is 0 Å². The summed E-state index contributed by atoms with van der Waals surface area (Å²) in [5, 5.41) is 2.41. The predicted octanol–water partition coefficient (Wildman–Crippen LogP) is 4.58. The molecule has 0 aliphatic carbocycles. The van der Waals surface area contributed by atoms with Crippen molar-refractivity contribution in [2.45, 2.75) is 38.9 Å². The summed E-state index contributed by atoms with van der Waals surface area (Å²) in [6, 6.07) is 4.11. The molecular formula is C21H22ClF3N4O2. The highest BCUT2D eigenvalue weighted by Gasteiger charge is 2.37. The largest absolute Gasteiger partial charge is 0.416 e. The van der Waals surface area contributed by atoms with Crippen LogP contribution in [0.2, 0.25) is 5.02 Å². The number of alkyl halides is 3. The number of nitrogen functional groups attached to an aromatic ring is 1. The summed E-state index contributed by atoms with van der Waals surface area (Å²) in [4.78, 5) is 30.8. The molecule has 3 N–H and O–H groups in total. The van der Waals surface area contributed by atoms with E-state index in [0.717, 1.165) is 12.1 Å². The summed E-state index contributed by atoms with van der Waals surface area (Å²) >= 11 is 5.93. The van der Waals surface area contributed by atoms with Gasteiger partial charge in [-0.25, -0.2) is 4.98 Å². The number of likely N-dealkylation sites (tertiary alicyclic amines) is 1. The number of aromatic nitrogens is 1. The van der Waals surface area contributed by atoms with E-state index >= 15 is 0 Å². The third-order valence-electron chi connectivity index (χ3n) is 5.28. The molecule has 0 radical (unpaired) electrons. The maximum atomic E-state index is 13.2. The van der Waals surface area contributed by atoms with E-state index in [4.69, 9.17) is 17.3 Å². The first-order valence-corrected chi connectivity index (χ1v) is 10.0. The summed E-state index contributed by atoms with van der Waals surface area (Å²) < 4.78 is 39.7. The summed E-state index contributed by atoms with van der Waals surface area (Å²) in [5.74, 6) is -1.34. The number of hydrogen-bond acceptors (Lipinski definition) is 4. The predicted molar refractivity (Wildman–Crippen MR) is 111 cm³/mol. The van der Waals surface area contributed by atoms with Crippen LogP contribution in [-0.4, -0.2) is 28.2 Å². The lowest BCUT2D eigenvalue weighted by molar-refractivity contribution is -0.146. The van der Waals surface area contributed by atoms with E-state index in [0.29, 0.717) is 29.9 Å². The highest BCUT2D eigenvalue weighted by atomic mass is 35.5. The van der Waals surface area contributed by atoms with Crippen molar-refractivity contribution in [1.29, 1.82) is 0 Å². The van der Waals surface area contributed by atoms with E-state index in [1.165, 1.54) is 17.2 Å². The van der Waals surface area contributed by atoms with Crippen LogP contribution < -0.4 is 11.1 Å². The molecule has 1 aliphatic rings. The van der Waals surface area contributed by atoms with Gasteiger partial charge in [0.05, 0.1) is 23.5 Å². The first-order chi connectivity index (χ1) is 14.5. The van der Waals surface area contributed by atoms with E-state index in [1.807, 2.05) is 6.92 Å². The van der Waals surface area contributed by atoms with Crippen molar-refractivity contribution in [3.05, 3.63) is 52.2 Å². The van der Waals surface area contributed by atoms with Crippen molar-refractivity contribution in [3.8, 4) is 0 Å². The van der Waals surface area contributed by atoms with Crippen molar-refractivity contribution in [3.63, 3.8) is 0 Å². The summed E-state index contributed by atoms with van der Waals surface area (Å²) in [7, 11) is 0. The standard InChI is InChI=1S/C21H22ClF3N4O2/c1-11-3-4-17(13-6-14(21(23,24)25)8-15(22)7-13)29(10-11)20(31)19(30)28-16-5-12(2)18(26)27-9-16/h5-9,11,17H,3-4,10H2,1-2H3,(H2,26,27)(H,28,30). The van der Waals surface area contributed by atoms with Crippen LogP contribution in [-0.2, 0) is 15.8 Å². The molecule has 0 spiro atoms. The Kier molecular flexibility index (Phi) is 6.45. The van der Waals surface area contributed by atoms with Gasteiger partial charge in [-0.1, -0.05) is 18.5 Å². The maximum absolute atomic E-state index is 13.2. The second-order valence-corrected chi connectivity index (χ2v) is 8.24. The lowest BCUT2D eigenvalue weighted by atomic mass is 9.89. The quantitative estimate of drug-likeness (QED) is 0.650. The number of benzene rings is 1. The molecule has 1 aromatic carbocycles. The zero-order chi connectivity index (χ0) is 22.9. The minimum Gasteiger partial charge on any atom is -0.383 e. The first kappa shape index (κ1) is 22.9. The molecule has 10 heteroatoms. The van der Waals surface area contributed by atoms with E-state index in [-0.39, 0.29) is 23.0 Å². The van der Waals surface area contributed by atoms with Gasteiger partial charge in [0.25, 0.3) is 0 Å². The van der Waals surface area contributed by atoms with Crippen molar-refractivity contribution >= 4 is 34.9 Å². The fourth-order valence-corrected chi connectivity index (χ4v) is 3.90. The van der Waals surface area contributed by atoms with Gasteiger partial charge in [-0.2, -0.15) is 13.2 Å². The number of piperidine rings is 1. The fraction of sp³-hybridized carbons (Fsp3) is 0.381. The van der Waals surface area contributed by atoms with Crippen LogP contribution in [0.3, 0.4) is 0 Å². The third-order valence-corrected chi connectivity index (χ3v) is 5.50. The van der Waals surface area contributed by atoms with Gasteiger partial charge < -0.3 is 16.0 Å². The number of nitrogens with one attached hydrogen (secondary N) is 1. The van der Waals surface area contributed by atoms with Crippen LogP contribution in [0.4, 0.5) is 24.7 Å². The van der Waals surface area contributed by atoms with Gasteiger partial charge in [0.2, 0.25) is 0 Å². The number of carbonyl (C=O) groups excluding carboxylic acids is 2. The minimum atomic E-state index is -4.58. The van der Waals surface area contributed by atoms with E-state index in [1.54, 1.807) is 13.0 Å². The molecule has 2 unspecified atom stereocenters. The molecule has 1 fully saturated rings. The number of hydrogen-bond donors (Lipinski definition) is 2. The molecule has 2 amide bonds. The molecule has 1 aromatic heterocycles. The second kappa shape index (κ2) is 8.74. The van der Waals surface area contributed by atoms with Gasteiger partial charge in [0, 0.05) is 11.6 Å². The summed E-state index contributed by atoms with van der Waals surface area (Å²) in [5.41, 5.74) is 5.95. The average molecular weight is 455 g/mol. The molecule has 0 saturated carbocycles. The number of pyridine rings is 1. The number of carbonyl (C=O) groups is 2. The van der Waals surface area contributed by atoms with Crippen LogP contribution in [0.1, 0.15) is 42.5 Å². The molecule has 166 valence electrons. The molecule has 31 heavy (non-hydrogen) atoms. The SMILES string of the molecule is Cc1cc(NC(=O)C(=O)N2CC(C)CCC2c2cc(Cl)cc(C(F)(F)F)c2)cnc1N. The zero-order valence-electron chi connectivity index (χ0n) is 17.0. The molecule has 3 rings (SSSR count). The zero-order valence-corrected chi connectivity index (χ0v) is 17.7. The number of aryl methyl sites for hydroxylation is 1. The smallest absolute Gasteiger partial charge is 0.383 e. The van der Waals surface area contributed by atoms with E-state index in [2.05, 4.69) is 10.3 Å². The van der Waals surface area contributed by atoms with Crippen LogP contribution in [0.25, 0.3) is 0 Å². The van der Waals surface area contributed by atoms with Crippen molar-refractivity contribution in [2.75, 3.05) is 17.6 Å². The number of rotatable bonds is 2. The Morgan fingerprint density at radius 2 is 1.94 bits per heavy atom. The molecule has 6 nitrogen and oxygen atoms in total. The lowest BCUT2D eigenvalue weighted by Crippen LogP contribution is -2.46. The monoisotopic (exact) mass is 454 g/mol. The minimum absolute atomic E-state index is 0.0799. The van der Waals surface area contributed by atoms with E-state index in [9.17, 15) is 22.8 Å². The topological polar surface area (TPSA) is 88.3 Å². The lowest BCUT2D eigenvalue weighted by Gasteiger charge is -2.38. The van der Waals surface area contributed by atoms with Crippen LogP contribution in [0.5, 0.6) is 0 Å². The van der Waals surface area contributed by atoms with E-state index < -0.39 is 29.6 Å². The van der Waals surface area contributed by atoms with Gasteiger partial charge in [0.15, 0.2) is 0 Å². The number of nitrogens with zero attached hydrogens (tertiary/aromatic N) is 2. The van der Waals surface area contributed by atoms with Gasteiger partial charge >= 0.3 is 18.0 Å². The molecule has 1 aliphatic heterocycles. The molecule has 2 heterocycles. The number of halogens is 4. The highest BCUT2D eigenvalue weighted by Crippen LogP contribution is 2.38. The Bertz CT molecular complexity index is 1010. The van der Waals surface area contributed by atoms with Crippen molar-refractivity contribution in [1.82, 2.24) is 9.88 Å². The van der Waals surface area contributed by atoms with Crippen LogP contribution in [0.15, 0.2) is 30.5 Å². The Balaban J connectivity index is 1.88. The molecule has 2 aromatic rings. The molecule has 1 saturated heterocycles. The highest BCUT2D eigenvalue weighted by molar-refractivity contribution is 6.39. The number of nitrogens with two attached hydrogens (primary N) is 1. The Labute approximate surface area is 182 Å². The number of amides is 2. The molecular weight excluding hydrogens is 433 g/mol.